The largest absolute Gasteiger partial charge is 0.324 e. The van der Waals surface area contributed by atoms with Crippen molar-refractivity contribution in [1.29, 1.82) is 0 Å². The Balaban J connectivity index is 1.74. The molecule has 1 unspecified atom stereocenters. The molecule has 168 valence electrons. The van der Waals surface area contributed by atoms with E-state index in [2.05, 4.69) is 33.2 Å². The Morgan fingerprint density at radius 1 is 1.18 bits per heavy atom. The van der Waals surface area contributed by atoms with Crippen molar-refractivity contribution in [3.63, 3.8) is 0 Å². The van der Waals surface area contributed by atoms with Crippen molar-refractivity contribution in [2.75, 3.05) is 5.32 Å². The molecule has 2 heterocycles. The molecule has 0 aliphatic heterocycles. The summed E-state index contributed by atoms with van der Waals surface area (Å²) >= 11 is 4.96. The molecule has 1 atom stereocenters. The maximum absolute atomic E-state index is 13.6. The van der Waals surface area contributed by atoms with E-state index in [4.69, 9.17) is 0 Å². The van der Waals surface area contributed by atoms with Crippen LogP contribution in [0.15, 0.2) is 64.1 Å². The summed E-state index contributed by atoms with van der Waals surface area (Å²) in [5.74, 6) is -0.454. The van der Waals surface area contributed by atoms with Gasteiger partial charge >= 0.3 is 0 Å². The number of ketones is 1. The lowest BCUT2D eigenvalue weighted by Crippen LogP contribution is -2.31. The fourth-order valence-electron chi connectivity index (χ4n) is 3.69. The molecule has 0 aliphatic rings. The smallest absolute Gasteiger partial charge is 0.263 e. The third-order valence-electron chi connectivity index (χ3n) is 5.50. The summed E-state index contributed by atoms with van der Waals surface area (Å²) in [6.07, 6.45) is 2.20. The minimum atomic E-state index is -0.793. The van der Waals surface area contributed by atoms with Gasteiger partial charge in [-0.15, -0.1) is 11.3 Å². The van der Waals surface area contributed by atoms with Crippen molar-refractivity contribution in [2.24, 2.45) is 0 Å². The monoisotopic (exact) mass is 523 g/mol. The Morgan fingerprint density at radius 2 is 1.91 bits per heavy atom. The number of aromatic nitrogens is 2. The zero-order valence-corrected chi connectivity index (χ0v) is 20.8. The third kappa shape index (κ3) is 4.54. The Hall–Kier alpha value is -3.10. The molecular formula is C25H22BrN3O3S. The lowest BCUT2D eigenvalue weighted by atomic mass is 10.0. The van der Waals surface area contributed by atoms with E-state index in [9.17, 15) is 14.4 Å². The lowest BCUT2D eigenvalue weighted by molar-refractivity contribution is -0.118. The zero-order valence-electron chi connectivity index (χ0n) is 18.4. The number of anilines is 1. The number of hydrogen-bond acceptors (Lipinski definition) is 5. The number of aryl methyl sites for hydroxylation is 1. The predicted octanol–water partition coefficient (Wildman–Crippen LogP) is 5.85. The zero-order chi connectivity index (χ0) is 23.7. The second-order valence-electron chi connectivity index (χ2n) is 7.70. The summed E-state index contributed by atoms with van der Waals surface area (Å²) in [5.41, 5.74) is 2.56. The van der Waals surface area contributed by atoms with Gasteiger partial charge in [-0.05, 0) is 50.1 Å². The topological polar surface area (TPSA) is 81.1 Å². The van der Waals surface area contributed by atoms with E-state index in [1.54, 1.807) is 31.2 Å². The summed E-state index contributed by atoms with van der Waals surface area (Å²) in [4.78, 5) is 44.4. The van der Waals surface area contributed by atoms with Gasteiger partial charge in [-0.3, -0.25) is 19.0 Å². The first-order chi connectivity index (χ1) is 15.8. The molecular weight excluding hydrogens is 502 g/mol. The minimum absolute atomic E-state index is 0.0883. The number of amides is 1. The fraction of sp³-hybridized carbons (Fsp3) is 0.200. The number of nitrogens with zero attached hydrogens (tertiary/aromatic N) is 2. The average molecular weight is 524 g/mol. The van der Waals surface area contributed by atoms with Gasteiger partial charge in [0.15, 0.2) is 5.78 Å². The van der Waals surface area contributed by atoms with Gasteiger partial charge in [-0.25, -0.2) is 4.98 Å². The molecule has 2 aromatic carbocycles. The normalized spacial score (nSPS) is 12.0. The van der Waals surface area contributed by atoms with Gasteiger partial charge < -0.3 is 5.32 Å². The average Bonchev–Trinajstić information content (AvgIpc) is 3.19. The standard InChI is InChI=1S/C25H22BrN3O3S/c1-4-20-21(16-8-10-18(26)11-9-16)22-24(33-20)27-13-29(25(22)32)14(2)23(31)28-19-7-5-6-17(12-19)15(3)30/h5-14H,4H2,1-3H3,(H,28,31). The number of carbonyl (C=O) groups is 2. The Morgan fingerprint density at radius 3 is 2.58 bits per heavy atom. The number of thiophene rings is 1. The second kappa shape index (κ2) is 9.41. The Labute approximate surface area is 203 Å². The van der Waals surface area contributed by atoms with Gasteiger partial charge in [-0.1, -0.05) is 47.1 Å². The van der Waals surface area contributed by atoms with Crippen LogP contribution in [0, 0.1) is 0 Å². The van der Waals surface area contributed by atoms with Crippen LogP contribution in [0.25, 0.3) is 21.3 Å². The van der Waals surface area contributed by atoms with Crippen LogP contribution in [0.3, 0.4) is 0 Å². The molecule has 0 spiro atoms. The van der Waals surface area contributed by atoms with E-state index in [-0.39, 0.29) is 17.2 Å². The third-order valence-corrected chi connectivity index (χ3v) is 7.27. The number of hydrogen-bond donors (Lipinski definition) is 1. The molecule has 4 rings (SSSR count). The fourth-order valence-corrected chi connectivity index (χ4v) is 5.04. The van der Waals surface area contributed by atoms with Gasteiger partial charge in [0.2, 0.25) is 5.91 Å². The van der Waals surface area contributed by atoms with Gasteiger partial charge in [0.1, 0.15) is 10.9 Å². The molecule has 33 heavy (non-hydrogen) atoms. The highest BCUT2D eigenvalue weighted by Gasteiger charge is 2.22. The van der Waals surface area contributed by atoms with Crippen molar-refractivity contribution in [2.45, 2.75) is 33.2 Å². The van der Waals surface area contributed by atoms with Gasteiger partial charge in [0.05, 0.1) is 11.7 Å². The molecule has 8 heteroatoms. The van der Waals surface area contributed by atoms with Crippen LogP contribution < -0.4 is 10.9 Å². The van der Waals surface area contributed by atoms with E-state index in [0.717, 1.165) is 26.9 Å². The van der Waals surface area contributed by atoms with Gasteiger partial charge in [-0.2, -0.15) is 0 Å². The summed E-state index contributed by atoms with van der Waals surface area (Å²) in [5, 5.41) is 3.33. The molecule has 6 nitrogen and oxygen atoms in total. The minimum Gasteiger partial charge on any atom is -0.324 e. The molecule has 4 aromatic rings. The number of rotatable bonds is 6. The molecule has 0 aliphatic carbocycles. The molecule has 0 radical (unpaired) electrons. The number of Topliss-reactive ketones (excluding diaryl/α,β-unsaturated/α-hetero) is 1. The maximum atomic E-state index is 13.6. The van der Waals surface area contributed by atoms with E-state index < -0.39 is 6.04 Å². The first-order valence-corrected chi connectivity index (χ1v) is 12.1. The van der Waals surface area contributed by atoms with Crippen LogP contribution in [0.1, 0.15) is 42.0 Å². The molecule has 1 amide bonds. The van der Waals surface area contributed by atoms with Crippen molar-refractivity contribution >= 4 is 54.9 Å². The Kier molecular flexibility index (Phi) is 6.58. The quantitative estimate of drug-likeness (QED) is 0.321. The van der Waals surface area contributed by atoms with Crippen LogP contribution in [0.4, 0.5) is 5.69 Å². The SMILES string of the molecule is CCc1sc2ncn(C(C)C(=O)Nc3cccc(C(C)=O)c3)c(=O)c2c1-c1ccc(Br)cc1. The van der Waals surface area contributed by atoms with E-state index >= 15 is 0 Å². The van der Waals surface area contributed by atoms with Crippen molar-refractivity contribution in [3.8, 4) is 11.1 Å². The highest BCUT2D eigenvalue weighted by molar-refractivity contribution is 9.10. The number of carbonyl (C=O) groups excluding carboxylic acids is 2. The molecule has 0 bridgehead atoms. The molecule has 2 aromatic heterocycles. The van der Waals surface area contributed by atoms with E-state index in [0.29, 0.717) is 21.5 Å². The first-order valence-electron chi connectivity index (χ1n) is 10.5. The van der Waals surface area contributed by atoms with E-state index in [1.165, 1.54) is 29.2 Å². The summed E-state index contributed by atoms with van der Waals surface area (Å²) in [6, 6.07) is 13.8. The highest BCUT2D eigenvalue weighted by atomic mass is 79.9. The van der Waals surface area contributed by atoms with Crippen molar-refractivity contribution < 1.29 is 9.59 Å². The highest BCUT2D eigenvalue weighted by Crippen LogP contribution is 2.37. The Bertz CT molecular complexity index is 1420. The molecule has 0 saturated heterocycles. The maximum Gasteiger partial charge on any atom is 0.263 e. The summed E-state index contributed by atoms with van der Waals surface area (Å²) in [6.45, 7) is 5.18. The van der Waals surface area contributed by atoms with Crippen LogP contribution in [0.5, 0.6) is 0 Å². The molecule has 0 fully saturated rings. The van der Waals surface area contributed by atoms with Gasteiger partial charge in [0.25, 0.3) is 5.56 Å². The van der Waals surface area contributed by atoms with Gasteiger partial charge in [0, 0.05) is 26.2 Å². The van der Waals surface area contributed by atoms with Crippen molar-refractivity contribution in [1.82, 2.24) is 9.55 Å². The molecule has 1 N–H and O–H groups in total. The second-order valence-corrected chi connectivity index (χ2v) is 9.70. The number of nitrogens with one attached hydrogen (secondary N) is 1. The van der Waals surface area contributed by atoms with Crippen LogP contribution in [-0.4, -0.2) is 21.2 Å². The first kappa shape index (κ1) is 23.1. The number of halogens is 1. The van der Waals surface area contributed by atoms with Crippen LogP contribution in [0.2, 0.25) is 0 Å². The summed E-state index contributed by atoms with van der Waals surface area (Å²) in [7, 11) is 0. The van der Waals surface area contributed by atoms with Crippen LogP contribution in [-0.2, 0) is 11.2 Å². The van der Waals surface area contributed by atoms with E-state index in [1.807, 2.05) is 24.3 Å². The number of fused-ring (bicyclic) bond motifs is 1. The number of benzene rings is 2. The predicted molar refractivity (Wildman–Crippen MR) is 136 cm³/mol. The lowest BCUT2D eigenvalue weighted by Gasteiger charge is -2.15. The van der Waals surface area contributed by atoms with Crippen LogP contribution >= 0.6 is 27.3 Å². The van der Waals surface area contributed by atoms with Crippen molar-refractivity contribution in [3.05, 3.63) is 80.1 Å². The molecule has 0 saturated carbocycles. The summed E-state index contributed by atoms with van der Waals surface area (Å²) < 4.78 is 2.32.